The van der Waals surface area contributed by atoms with E-state index in [1.807, 2.05) is 48.5 Å². The minimum Gasteiger partial charge on any atom is -0.506 e. The fraction of sp³-hybridized carbons (Fsp3) is 0.410. The number of carboxylic acid groups (broad SMARTS) is 1. The summed E-state index contributed by atoms with van der Waals surface area (Å²) in [5.74, 6) is 0.360. The lowest BCUT2D eigenvalue weighted by atomic mass is 9.80. The number of aromatic amines is 1. The van der Waals surface area contributed by atoms with Gasteiger partial charge in [-0.25, -0.2) is 4.79 Å². The SMILES string of the molecule is Cl.Cl.NC1CCC(N(C(=O)O)c2cc(CCCC(=O)NC3CC(CNC[C@H](O)c4ccc(O)c5[nH]c(=O)ccc45)C3)ccc2-c2ccccc2)CC1. The topological polar surface area (TPSA) is 181 Å². The molecule has 3 aromatic carbocycles. The van der Waals surface area contributed by atoms with E-state index in [0.29, 0.717) is 60.4 Å². The lowest BCUT2D eigenvalue weighted by molar-refractivity contribution is -0.122. The van der Waals surface area contributed by atoms with Crippen molar-refractivity contribution in [2.75, 3.05) is 18.0 Å². The highest BCUT2D eigenvalue weighted by atomic mass is 35.5. The molecule has 0 radical (unpaired) electrons. The second-order valence-corrected chi connectivity index (χ2v) is 13.9. The van der Waals surface area contributed by atoms with E-state index in [1.54, 1.807) is 12.1 Å². The van der Waals surface area contributed by atoms with Gasteiger partial charge in [0.2, 0.25) is 11.5 Å². The highest BCUT2D eigenvalue weighted by Crippen LogP contribution is 2.37. The Labute approximate surface area is 315 Å². The third-order valence-electron chi connectivity index (χ3n) is 10.2. The largest absolute Gasteiger partial charge is 0.506 e. The number of fused-ring (bicyclic) bond motifs is 1. The maximum atomic E-state index is 12.8. The average Bonchev–Trinajstić information content (AvgIpc) is 3.08. The molecule has 0 saturated heterocycles. The smallest absolute Gasteiger partial charge is 0.412 e. The first-order valence-electron chi connectivity index (χ1n) is 17.7. The molecule has 8 N–H and O–H groups in total. The van der Waals surface area contributed by atoms with E-state index < -0.39 is 12.2 Å². The number of nitrogens with one attached hydrogen (secondary N) is 3. The standard InChI is InChI=1S/C39H47N5O6.2ClH/c40-27-10-12-29(13-11-27)44(39(49)50)33-21-24(9-14-30(33)26-6-2-1-3-7-26)5-4-8-36(47)42-28-19-25(20-28)22-41-23-35(46)31-15-17-34(45)38-32(31)16-18-37(48)43-38;;/h1-3,6-7,9,14-18,21,25,27-29,35,41,45-46H,4-5,8,10-13,19-20,22-23,40H2,(H,42,47)(H,43,48)(H,49,50);2*1H/t25?,27?,28?,29?,35-;;/m0../s1. The predicted octanol–water partition coefficient (Wildman–Crippen LogP) is 6.04. The number of aromatic hydroxyl groups is 1. The average molecular weight is 755 g/mol. The number of aryl methyl sites for hydroxylation is 1. The number of benzene rings is 3. The number of rotatable bonds is 13. The van der Waals surface area contributed by atoms with Gasteiger partial charge in [-0.05, 0) is 98.7 Å². The van der Waals surface area contributed by atoms with Crippen molar-refractivity contribution in [1.82, 2.24) is 15.6 Å². The second-order valence-electron chi connectivity index (χ2n) is 13.9. The van der Waals surface area contributed by atoms with E-state index in [4.69, 9.17) is 5.73 Å². The summed E-state index contributed by atoms with van der Waals surface area (Å²) < 4.78 is 0. The summed E-state index contributed by atoms with van der Waals surface area (Å²) in [6, 6.07) is 22.1. The lowest BCUT2D eigenvalue weighted by Crippen LogP contribution is -2.47. The third kappa shape index (κ3) is 9.84. The molecule has 52 heavy (non-hydrogen) atoms. The van der Waals surface area contributed by atoms with Crippen LogP contribution in [0.2, 0.25) is 0 Å². The van der Waals surface area contributed by atoms with Crippen molar-refractivity contribution in [3.63, 3.8) is 0 Å². The molecule has 0 spiro atoms. The molecule has 0 unspecified atom stereocenters. The highest BCUT2D eigenvalue weighted by Gasteiger charge is 2.32. The van der Waals surface area contributed by atoms with E-state index in [9.17, 15) is 29.7 Å². The summed E-state index contributed by atoms with van der Waals surface area (Å²) in [5.41, 5.74) is 10.3. The molecule has 2 aliphatic rings. The Hall–Kier alpha value is -4.13. The lowest BCUT2D eigenvalue weighted by Gasteiger charge is -2.36. The van der Waals surface area contributed by atoms with E-state index in [-0.39, 0.29) is 60.2 Å². The van der Waals surface area contributed by atoms with Crippen LogP contribution < -0.4 is 26.8 Å². The highest BCUT2D eigenvalue weighted by molar-refractivity contribution is 5.94. The van der Waals surface area contributed by atoms with E-state index in [1.165, 1.54) is 17.0 Å². The number of aliphatic hydroxyl groups is 1. The normalized spacial score (nSPS) is 20.1. The molecule has 11 nitrogen and oxygen atoms in total. The number of amides is 2. The molecule has 4 aromatic rings. The molecule has 2 fully saturated rings. The van der Waals surface area contributed by atoms with Crippen LogP contribution in [-0.4, -0.2) is 63.5 Å². The van der Waals surface area contributed by atoms with Gasteiger partial charge >= 0.3 is 6.09 Å². The molecular weight excluding hydrogens is 705 g/mol. The number of aromatic nitrogens is 1. The first-order valence-corrected chi connectivity index (χ1v) is 17.7. The minimum absolute atomic E-state index is 0. The summed E-state index contributed by atoms with van der Waals surface area (Å²) in [6.07, 6.45) is 4.69. The Bertz CT molecular complexity index is 1860. The van der Waals surface area contributed by atoms with Crippen LogP contribution in [0.4, 0.5) is 10.5 Å². The van der Waals surface area contributed by atoms with Gasteiger partial charge in [0.05, 0.1) is 17.3 Å². The number of carbonyl (C=O) groups excluding carboxylic acids is 1. The molecular formula is C39H49Cl2N5O6. The molecule has 1 aromatic heterocycles. The molecule has 6 rings (SSSR count). The van der Waals surface area contributed by atoms with Crippen molar-refractivity contribution in [2.24, 2.45) is 11.7 Å². The number of halogens is 2. The van der Waals surface area contributed by atoms with E-state index in [2.05, 4.69) is 15.6 Å². The third-order valence-corrected chi connectivity index (χ3v) is 10.2. The zero-order chi connectivity index (χ0) is 35.2. The molecule has 2 amide bonds. The summed E-state index contributed by atoms with van der Waals surface area (Å²) in [4.78, 5) is 41.3. The number of aliphatic hydroxyl groups excluding tert-OH is 1. The fourth-order valence-electron chi connectivity index (χ4n) is 7.47. The van der Waals surface area contributed by atoms with Crippen LogP contribution in [-0.2, 0) is 11.2 Å². The molecule has 280 valence electrons. The number of carbonyl (C=O) groups is 2. The Morgan fingerprint density at radius 1 is 0.962 bits per heavy atom. The van der Waals surface area contributed by atoms with Crippen molar-refractivity contribution < 1.29 is 24.9 Å². The van der Waals surface area contributed by atoms with Crippen LogP contribution in [0.5, 0.6) is 5.75 Å². The molecule has 1 atom stereocenters. The van der Waals surface area contributed by atoms with E-state index in [0.717, 1.165) is 55.2 Å². The van der Waals surface area contributed by atoms with Crippen LogP contribution in [0.1, 0.15) is 68.6 Å². The number of phenolic OH excluding ortho intramolecular Hbond substituents is 1. The first-order chi connectivity index (χ1) is 24.2. The second kappa shape index (κ2) is 18.6. The van der Waals surface area contributed by atoms with Gasteiger partial charge in [0.15, 0.2) is 0 Å². The first kappa shape index (κ1) is 40.6. The van der Waals surface area contributed by atoms with Gasteiger partial charge in [0.1, 0.15) is 5.75 Å². The summed E-state index contributed by atoms with van der Waals surface area (Å²) >= 11 is 0. The molecule has 2 saturated carbocycles. The summed E-state index contributed by atoms with van der Waals surface area (Å²) in [6.45, 7) is 1.03. The molecule has 1 heterocycles. The summed E-state index contributed by atoms with van der Waals surface area (Å²) in [5, 5.41) is 38.3. The minimum atomic E-state index is -0.964. The van der Waals surface area contributed by atoms with Gasteiger partial charge in [0, 0.05) is 48.1 Å². The van der Waals surface area contributed by atoms with Crippen LogP contribution in [0.15, 0.2) is 77.6 Å². The molecule has 2 aliphatic carbocycles. The Morgan fingerprint density at radius 3 is 2.40 bits per heavy atom. The monoisotopic (exact) mass is 753 g/mol. The number of nitrogens with zero attached hydrogens (tertiary/aromatic N) is 1. The fourth-order valence-corrected chi connectivity index (χ4v) is 7.47. The maximum Gasteiger partial charge on any atom is 0.412 e. The quantitative estimate of drug-likeness (QED) is 0.0863. The van der Waals surface area contributed by atoms with Crippen molar-refractivity contribution in [3.05, 3.63) is 94.3 Å². The van der Waals surface area contributed by atoms with Gasteiger partial charge in [0.25, 0.3) is 0 Å². The van der Waals surface area contributed by atoms with Crippen LogP contribution >= 0.6 is 24.8 Å². The zero-order valence-electron chi connectivity index (χ0n) is 29.0. The summed E-state index contributed by atoms with van der Waals surface area (Å²) in [7, 11) is 0. The molecule has 0 aliphatic heterocycles. The Kier molecular flexibility index (Phi) is 14.5. The number of anilines is 1. The van der Waals surface area contributed by atoms with E-state index >= 15 is 0 Å². The number of pyridine rings is 1. The van der Waals surface area contributed by atoms with Crippen molar-refractivity contribution in [3.8, 4) is 16.9 Å². The number of nitrogens with two attached hydrogens (primary N) is 1. The van der Waals surface area contributed by atoms with Crippen LogP contribution in [0.25, 0.3) is 22.0 Å². The van der Waals surface area contributed by atoms with Gasteiger partial charge in [-0.3, -0.25) is 14.5 Å². The van der Waals surface area contributed by atoms with Gasteiger partial charge in [-0.1, -0.05) is 48.5 Å². The van der Waals surface area contributed by atoms with Gasteiger partial charge in [-0.15, -0.1) is 24.8 Å². The maximum absolute atomic E-state index is 12.8. The Morgan fingerprint density at radius 2 is 1.69 bits per heavy atom. The number of hydrogen-bond acceptors (Lipinski definition) is 7. The molecule has 0 bridgehead atoms. The van der Waals surface area contributed by atoms with Crippen molar-refractivity contribution in [2.45, 2.75) is 82.0 Å². The molecule has 13 heteroatoms. The zero-order valence-corrected chi connectivity index (χ0v) is 30.6. The predicted molar refractivity (Wildman–Crippen MR) is 209 cm³/mol. The number of hydrogen-bond donors (Lipinski definition) is 7. The van der Waals surface area contributed by atoms with Gasteiger partial charge in [-0.2, -0.15) is 0 Å². The van der Waals surface area contributed by atoms with Crippen molar-refractivity contribution >= 4 is 53.4 Å². The number of phenols is 1. The van der Waals surface area contributed by atoms with Crippen LogP contribution in [0, 0.1) is 5.92 Å². The Balaban J connectivity index is 0.00000302. The van der Waals surface area contributed by atoms with Crippen LogP contribution in [0.3, 0.4) is 0 Å². The number of H-pyrrole nitrogens is 1. The van der Waals surface area contributed by atoms with Crippen molar-refractivity contribution in [1.29, 1.82) is 0 Å². The van der Waals surface area contributed by atoms with Gasteiger partial charge < -0.3 is 36.7 Å².